The summed E-state index contributed by atoms with van der Waals surface area (Å²) in [6, 6.07) is 1.77. The van der Waals surface area contributed by atoms with Crippen molar-refractivity contribution >= 4 is 56.0 Å². The minimum Gasteiger partial charge on any atom is -0.288 e. The predicted octanol–water partition coefficient (Wildman–Crippen LogP) is 4.76. The number of thiophene rings is 2. The minimum absolute atomic E-state index is 0.0475. The van der Waals surface area contributed by atoms with E-state index in [1.54, 1.807) is 6.07 Å². The highest BCUT2D eigenvalue weighted by Gasteiger charge is 2.16. The first-order valence-corrected chi connectivity index (χ1v) is 7.05. The highest BCUT2D eigenvalue weighted by atomic mass is 79.9. The summed E-state index contributed by atoms with van der Waals surface area (Å²) in [6.45, 7) is 1.94. The highest BCUT2D eigenvalue weighted by molar-refractivity contribution is 9.10. The monoisotopic (exact) mass is 320 g/mol. The van der Waals surface area contributed by atoms with Crippen LogP contribution in [0.25, 0.3) is 0 Å². The Balaban J connectivity index is 2.41. The Morgan fingerprint density at radius 1 is 1.47 bits per heavy atom. The number of rotatable bonds is 2. The molecule has 0 saturated carbocycles. The first-order valence-electron chi connectivity index (χ1n) is 4.12. The van der Waals surface area contributed by atoms with Crippen LogP contribution in [0.1, 0.15) is 20.8 Å². The van der Waals surface area contributed by atoms with Gasteiger partial charge in [-0.25, -0.2) is 0 Å². The van der Waals surface area contributed by atoms with Crippen LogP contribution >= 0.6 is 50.2 Å². The molecule has 2 aromatic rings. The molecule has 0 spiro atoms. The SMILES string of the molecule is Cc1cscc1C(=O)c1cc(Br)c(Cl)s1. The van der Waals surface area contributed by atoms with Crippen molar-refractivity contribution in [3.05, 3.63) is 41.6 Å². The van der Waals surface area contributed by atoms with Gasteiger partial charge in [0.05, 0.1) is 4.88 Å². The molecule has 0 aliphatic rings. The number of ketones is 1. The quantitative estimate of drug-likeness (QED) is 0.729. The van der Waals surface area contributed by atoms with E-state index >= 15 is 0 Å². The van der Waals surface area contributed by atoms with Gasteiger partial charge < -0.3 is 0 Å². The average Bonchev–Trinajstić information content (AvgIpc) is 2.74. The van der Waals surface area contributed by atoms with Crippen LogP contribution < -0.4 is 0 Å². The number of hydrogen-bond donors (Lipinski definition) is 0. The van der Waals surface area contributed by atoms with Crippen LogP contribution in [0.2, 0.25) is 4.34 Å². The van der Waals surface area contributed by atoms with Crippen LogP contribution in [0, 0.1) is 6.92 Å². The van der Waals surface area contributed by atoms with E-state index in [4.69, 9.17) is 11.6 Å². The summed E-state index contributed by atoms with van der Waals surface area (Å²) in [6.07, 6.45) is 0. The van der Waals surface area contributed by atoms with Gasteiger partial charge in [-0.2, -0.15) is 11.3 Å². The number of carbonyl (C=O) groups excluding carboxylic acids is 1. The lowest BCUT2D eigenvalue weighted by molar-refractivity contribution is 0.104. The fraction of sp³-hybridized carbons (Fsp3) is 0.100. The summed E-state index contributed by atoms with van der Waals surface area (Å²) in [5, 5.41) is 3.84. The molecule has 78 valence electrons. The van der Waals surface area contributed by atoms with Gasteiger partial charge in [0.2, 0.25) is 5.78 Å². The van der Waals surface area contributed by atoms with Gasteiger partial charge >= 0.3 is 0 Å². The molecule has 2 rings (SSSR count). The average molecular weight is 322 g/mol. The van der Waals surface area contributed by atoms with E-state index in [9.17, 15) is 4.79 Å². The molecule has 0 aromatic carbocycles. The molecule has 0 radical (unpaired) electrons. The Labute approximate surface area is 109 Å². The van der Waals surface area contributed by atoms with Crippen molar-refractivity contribution in [2.75, 3.05) is 0 Å². The molecular formula is C10H6BrClOS2. The van der Waals surface area contributed by atoms with Gasteiger partial charge in [0.1, 0.15) is 4.34 Å². The Morgan fingerprint density at radius 3 is 2.67 bits per heavy atom. The third-order valence-corrected chi connectivity index (χ3v) is 5.30. The lowest BCUT2D eigenvalue weighted by Gasteiger charge is -1.94. The van der Waals surface area contributed by atoms with Crippen molar-refractivity contribution in [1.82, 2.24) is 0 Å². The van der Waals surface area contributed by atoms with Crippen molar-refractivity contribution in [2.45, 2.75) is 6.92 Å². The largest absolute Gasteiger partial charge is 0.288 e. The predicted molar refractivity (Wildman–Crippen MR) is 69.5 cm³/mol. The molecule has 2 heterocycles. The van der Waals surface area contributed by atoms with E-state index in [1.165, 1.54) is 22.7 Å². The molecule has 1 nitrogen and oxygen atoms in total. The van der Waals surface area contributed by atoms with Crippen molar-refractivity contribution in [1.29, 1.82) is 0 Å². The van der Waals surface area contributed by atoms with E-state index < -0.39 is 0 Å². The van der Waals surface area contributed by atoms with Gasteiger partial charge in [-0.3, -0.25) is 4.79 Å². The smallest absolute Gasteiger partial charge is 0.204 e. The summed E-state index contributed by atoms with van der Waals surface area (Å²) in [5.74, 6) is 0.0475. The van der Waals surface area contributed by atoms with Crippen LogP contribution in [0.15, 0.2) is 21.3 Å². The second kappa shape index (κ2) is 4.37. The van der Waals surface area contributed by atoms with E-state index in [2.05, 4.69) is 15.9 Å². The number of carbonyl (C=O) groups is 1. The van der Waals surface area contributed by atoms with Crippen LogP contribution in [0.5, 0.6) is 0 Å². The summed E-state index contributed by atoms with van der Waals surface area (Å²) in [4.78, 5) is 12.7. The molecule has 0 saturated heterocycles. The standard InChI is InChI=1S/C10H6BrClOS2/c1-5-3-14-4-6(5)9(13)8-2-7(11)10(12)15-8/h2-4H,1H3. The molecule has 2 aromatic heterocycles. The first kappa shape index (κ1) is 11.3. The number of aryl methyl sites for hydroxylation is 1. The van der Waals surface area contributed by atoms with Crippen LogP contribution in [-0.4, -0.2) is 5.78 Å². The highest BCUT2D eigenvalue weighted by Crippen LogP contribution is 2.33. The third kappa shape index (κ3) is 2.18. The molecule has 5 heteroatoms. The number of hydrogen-bond acceptors (Lipinski definition) is 3. The minimum atomic E-state index is 0.0475. The van der Waals surface area contributed by atoms with Crippen molar-refractivity contribution < 1.29 is 4.79 Å². The molecule has 0 atom stereocenters. The van der Waals surface area contributed by atoms with Gasteiger partial charge in [-0.1, -0.05) is 11.6 Å². The van der Waals surface area contributed by atoms with Crippen LogP contribution in [0.4, 0.5) is 0 Å². The van der Waals surface area contributed by atoms with E-state index in [-0.39, 0.29) is 5.78 Å². The summed E-state index contributed by atoms with van der Waals surface area (Å²) < 4.78 is 1.40. The molecule has 0 aliphatic heterocycles. The fourth-order valence-electron chi connectivity index (χ4n) is 1.18. The molecule has 0 fully saturated rings. The zero-order valence-electron chi connectivity index (χ0n) is 7.71. The molecule has 0 aliphatic carbocycles. The van der Waals surface area contributed by atoms with Crippen LogP contribution in [-0.2, 0) is 0 Å². The Bertz CT molecular complexity index is 496. The van der Waals surface area contributed by atoms with Gasteiger partial charge in [-0.05, 0) is 39.9 Å². The maximum absolute atomic E-state index is 12.0. The summed E-state index contributed by atoms with van der Waals surface area (Å²) in [7, 11) is 0. The zero-order chi connectivity index (χ0) is 11.0. The lowest BCUT2D eigenvalue weighted by atomic mass is 10.1. The van der Waals surface area contributed by atoms with E-state index in [0.29, 0.717) is 9.21 Å². The maximum atomic E-state index is 12.0. The third-order valence-electron chi connectivity index (χ3n) is 1.97. The Hall–Kier alpha value is -0.160. The van der Waals surface area contributed by atoms with Gasteiger partial charge in [-0.15, -0.1) is 11.3 Å². The van der Waals surface area contributed by atoms with Crippen LogP contribution in [0.3, 0.4) is 0 Å². The van der Waals surface area contributed by atoms with Gasteiger partial charge in [0, 0.05) is 15.4 Å². The fourth-order valence-corrected chi connectivity index (χ4v) is 3.67. The molecule has 15 heavy (non-hydrogen) atoms. The molecule has 0 amide bonds. The second-order valence-corrected chi connectivity index (χ2v) is 6.28. The molecule has 0 unspecified atom stereocenters. The zero-order valence-corrected chi connectivity index (χ0v) is 11.7. The normalized spacial score (nSPS) is 10.6. The Morgan fingerprint density at radius 2 is 2.20 bits per heavy atom. The molecule has 0 bridgehead atoms. The second-order valence-electron chi connectivity index (χ2n) is 3.03. The summed E-state index contributed by atoms with van der Waals surface area (Å²) >= 11 is 12.0. The lowest BCUT2D eigenvalue weighted by Crippen LogP contribution is -1.97. The summed E-state index contributed by atoms with van der Waals surface area (Å²) in [5.41, 5.74) is 1.79. The number of halogens is 2. The van der Waals surface area contributed by atoms with Crippen molar-refractivity contribution in [2.24, 2.45) is 0 Å². The van der Waals surface area contributed by atoms with Gasteiger partial charge in [0.15, 0.2) is 0 Å². The molecular weight excluding hydrogens is 316 g/mol. The van der Waals surface area contributed by atoms with Crippen molar-refractivity contribution in [3.8, 4) is 0 Å². The van der Waals surface area contributed by atoms with Gasteiger partial charge in [0.25, 0.3) is 0 Å². The van der Waals surface area contributed by atoms with E-state index in [1.807, 2.05) is 17.7 Å². The maximum Gasteiger partial charge on any atom is 0.204 e. The van der Waals surface area contributed by atoms with Crippen molar-refractivity contribution in [3.63, 3.8) is 0 Å². The Kier molecular flexibility index (Phi) is 3.30. The topological polar surface area (TPSA) is 17.1 Å². The molecule has 0 N–H and O–H groups in total. The van der Waals surface area contributed by atoms with E-state index in [0.717, 1.165) is 15.6 Å². The first-order chi connectivity index (χ1) is 7.09.